The molecule has 2 amide bonds. The van der Waals surface area contributed by atoms with Crippen molar-refractivity contribution in [1.29, 1.82) is 0 Å². The summed E-state index contributed by atoms with van der Waals surface area (Å²) in [6.45, 7) is 1.62. The average Bonchev–Trinajstić information content (AvgIpc) is 2.35. The first-order valence-electron chi connectivity index (χ1n) is 5.46. The van der Waals surface area contributed by atoms with Gasteiger partial charge in [0, 0.05) is 32.9 Å². The molecule has 88 valence electrons. The molecule has 1 aromatic rings. The number of carbonyl (C=O) groups excluding carboxylic acids is 1. The molecule has 0 aliphatic heterocycles. The monoisotopic (exact) mass is 221 g/mol. The van der Waals surface area contributed by atoms with Gasteiger partial charge >= 0.3 is 6.03 Å². The highest BCUT2D eigenvalue weighted by Gasteiger charge is 1.99. The van der Waals surface area contributed by atoms with Gasteiger partial charge in [0.2, 0.25) is 0 Å². The number of anilines is 1. The van der Waals surface area contributed by atoms with Crippen LogP contribution in [0.3, 0.4) is 0 Å². The molecule has 2 N–H and O–H groups in total. The molecule has 0 bridgehead atoms. The van der Waals surface area contributed by atoms with Crippen LogP contribution in [0, 0.1) is 0 Å². The van der Waals surface area contributed by atoms with Gasteiger partial charge in [0.25, 0.3) is 0 Å². The van der Waals surface area contributed by atoms with Gasteiger partial charge in [0.15, 0.2) is 0 Å². The Morgan fingerprint density at radius 3 is 2.62 bits per heavy atom. The third-order valence-electron chi connectivity index (χ3n) is 2.38. The van der Waals surface area contributed by atoms with Gasteiger partial charge in [-0.2, -0.15) is 0 Å². The summed E-state index contributed by atoms with van der Waals surface area (Å²) in [5.74, 6) is 0. The fourth-order valence-electron chi connectivity index (χ4n) is 1.42. The molecule has 1 aromatic carbocycles. The highest BCUT2D eigenvalue weighted by molar-refractivity contribution is 5.73. The van der Waals surface area contributed by atoms with Crippen LogP contribution in [-0.4, -0.2) is 33.2 Å². The van der Waals surface area contributed by atoms with Gasteiger partial charge in [-0.25, -0.2) is 4.79 Å². The topological polar surface area (TPSA) is 44.4 Å². The van der Waals surface area contributed by atoms with Crippen LogP contribution >= 0.6 is 0 Å². The smallest absolute Gasteiger partial charge is 0.314 e. The van der Waals surface area contributed by atoms with Gasteiger partial charge in [-0.05, 0) is 18.6 Å². The molecule has 0 unspecified atom stereocenters. The average molecular weight is 221 g/mol. The number of benzene rings is 1. The van der Waals surface area contributed by atoms with Crippen molar-refractivity contribution in [1.82, 2.24) is 10.6 Å². The third kappa shape index (κ3) is 4.21. The fourth-order valence-corrected chi connectivity index (χ4v) is 1.42. The van der Waals surface area contributed by atoms with Crippen LogP contribution in [0.5, 0.6) is 0 Å². The lowest BCUT2D eigenvalue weighted by Gasteiger charge is -2.19. The van der Waals surface area contributed by atoms with Crippen LogP contribution in [0.2, 0.25) is 0 Å². The first kappa shape index (κ1) is 12.4. The zero-order chi connectivity index (χ0) is 11.8. The number of para-hydroxylation sites is 1. The number of urea groups is 1. The molecule has 0 saturated carbocycles. The van der Waals surface area contributed by atoms with Gasteiger partial charge < -0.3 is 15.5 Å². The van der Waals surface area contributed by atoms with Crippen LogP contribution in [0.1, 0.15) is 6.42 Å². The van der Waals surface area contributed by atoms with E-state index in [-0.39, 0.29) is 6.03 Å². The lowest BCUT2D eigenvalue weighted by atomic mass is 10.3. The molecule has 0 fully saturated rings. The highest BCUT2D eigenvalue weighted by Crippen LogP contribution is 2.10. The van der Waals surface area contributed by atoms with Gasteiger partial charge in [-0.3, -0.25) is 0 Å². The van der Waals surface area contributed by atoms with E-state index < -0.39 is 0 Å². The van der Waals surface area contributed by atoms with Crippen LogP contribution in [-0.2, 0) is 0 Å². The van der Waals surface area contributed by atoms with Gasteiger partial charge in [0.05, 0.1) is 0 Å². The quantitative estimate of drug-likeness (QED) is 0.739. The summed E-state index contributed by atoms with van der Waals surface area (Å²) in [5.41, 5.74) is 1.20. The Bertz CT molecular complexity index is 313. The molecule has 0 atom stereocenters. The number of amides is 2. The molecular formula is C12H19N3O. The summed E-state index contributed by atoms with van der Waals surface area (Å²) in [4.78, 5) is 13.1. The van der Waals surface area contributed by atoms with E-state index >= 15 is 0 Å². The minimum atomic E-state index is -0.123. The maximum Gasteiger partial charge on any atom is 0.314 e. The summed E-state index contributed by atoms with van der Waals surface area (Å²) < 4.78 is 0. The van der Waals surface area contributed by atoms with E-state index in [2.05, 4.69) is 34.7 Å². The van der Waals surface area contributed by atoms with Gasteiger partial charge in [-0.15, -0.1) is 0 Å². The second kappa shape index (κ2) is 6.71. The number of nitrogens with zero attached hydrogens (tertiary/aromatic N) is 1. The second-order valence-corrected chi connectivity index (χ2v) is 3.62. The Labute approximate surface area is 96.6 Å². The van der Waals surface area contributed by atoms with E-state index in [1.165, 1.54) is 5.69 Å². The predicted octanol–water partition coefficient (Wildman–Crippen LogP) is 1.44. The minimum absolute atomic E-state index is 0.123. The molecule has 0 aliphatic rings. The van der Waals surface area contributed by atoms with Crippen molar-refractivity contribution in [2.45, 2.75) is 6.42 Å². The van der Waals surface area contributed by atoms with Crippen molar-refractivity contribution in [2.75, 3.05) is 32.1 Å². The Kier molecular flexibility index (Phi) is 5.19. The standard InChI is InChI=1S/C12H19N3O/c1-13-12(16)14-9-6-10-15(2)11-7-4-3-5-8-11/h3-5,7-8H,6,9-10H2,1-2H3,(H2,13,14,16). The Morgan fingerprint density at radius 2 is 2.00 bits per heavy atom. The van der Waals surface area contributed by atoms with Gasteiger partial charge in [-0.1, -0.05) is 18.2 Å². The van der Waals surface area contributed by atoms with E-state index in [1.54, 1.807) is 7.05 Å². The van der Waals surface area contributed by atoms with Crippen LogP contribution in [0.15, 0.2) is 30.3 Å². The summed E-state index contributed by atoms with van der Waals surface area (Å²) in [7, 11) is 3.67. The van der Waals surface area contributed by atoms with Crippen molar-refractivity contribution in [3.63, 3.8) is 0 Å². The van der Waals surface area contributed by atoms with Crippen molar-refractivity contribution >= 4 is 11.7 Å². The van der Waals surface area contributed by atoms with E-state index in [4.69, 9.17) is 0 Å². The summed E-state index contributed by atoms with van der Waals surface area (Å²) >= 11 is 0. The maximum atomic E-state index is 10.9. The lowest BCUT2D eigenvalue weighted by Crippen LogP contribution is -2.34. The van der Waals surface area contributed by atoms with E-state index in [1.807, 2.05) is 18.2 Å². The SMILES string of the molecule is CNC(=O)NCCCN(C)c1ccccc1. The lowest BCUT2D eigenvalue weighted by molar-refractivity contribution is 0.243. The highest BCUT2D eigenvalue weighted by atomic mass is 16.2. The summed E-state index contributed by atoms with van der Waals surface area (Å²) in [6, 6.07) is 10.1. The molecule has 0 radical (unpaired) electrons. The van der Waals surface area contributed by atoms with E-state index in [0.717, 1.165) is 13.0 Å². The molecule has 0 aromatic heterocycles. The van der Waals surface area contributed by atoms with E-state index in [0.29, 0.717) is 6.54 Å². The Morgan fingerprint density at radius 1 is 1.31 bits per heavy atom. The number of hydrogen-bond acceptors (Lipinski definition) is 2. The number of carbonyl (C=O) groups is 1. The predicted molar refractivity (Wildman–Crippen MR) is 66.8 cm³/mol. The van der Waals surface area contributed by atoms with Crippen LogP contribution in [0.4, 0.5) is 10.5 Å². The maximum absolute atomic E-state index is 10.9. The molecule has 0 saturated heterocycles. The van der Waals surface area contributed by atoms with E-state index in [9.17, 15) is 4.79 Å². The van der Waals surface area contributed by atoms with Crippen molar-refractivity contribution < 1.29 is 4.79 Å². The molecule has 4 heteroatoms. The zero-order valence-corrected chi connectivity index (χ0v) is 9.86. The second-order valence-electron chi connectivity index (χ2n) is 3.62. The molecule has 0 spiro atoms. The molecule has 16 heavy (non-hydrogen) atoms. The Balaban J connectivity index is 2.21. The summed E-state index contributed by atoms with van der Waals surface area (Å²) in [5, 5.41) is 5.28. The van der Waals surface area contributed by atoms with Crippen molar-refractivity contribution in [3.8, 4) is 0 Å². The van der Waals surface area contributed by atoms with Gasteiger partial charge in [0.1, 0.15) is 0 Å². The zero-order valence-electron chi connectivity index (χ0n) is 9.86. The van der Waals surface area contributed by atoms with Crippen LogP contribution < -0.4 is 15.5 Å². The molecule has 0 aliphatic carbocycles. The molecule has 1 rings (SSSR count). The first-order chi connectivity index (χ1) is 7.74. The molecular weight excluding hydrogens is 202 g/mol. The Hall–Kier alpha value is -1.71. The largest absolute Gasteiger partial charge is 0.375 e. The number of hydrogen-bond donors (Lipinski definition) is 2. The fraction of sp³-hybridized carbons (Fsp3) is 0.417. The third-order valence-corrected chi connectivity index (χ3v) is 2.38. The summed E-state index contributed by atoms with van der Waals surface area (Å²) in [6.07, 6.45) is 0.929. The normalized spacial score (nSPS) is 9.62. The molecule has 4 nitrogen and oxygen atoms in total. The molecule has 0 heterocycles. The minimum Gasteiger partial charge on any atom is -0.375 e. The van der Waals surface area contributed by atoms with Crippen LogP contribution in [0.25, 0.3) is 0 Å². The first-order valence-corrected chi connectivity index (χ1v) is 5.46. The number of nitrogens with one attached hydrogen (secondary N) is 2. The number of rotatable bonds is 5. The van der Waals surface area contributed by atoms with Crippen molar-refractivity contribution in [2.24, 2.45) is 0 Å². The van der Waals surface area contributed by atoms with Crippen molar-refractivity contribution in [3.05, 3.63) is 30.3 Å².